The van der Waals surface area contributed by atoms with Crippen LogP contribution < -0.4 is 5.32 Å². The van der Waals surface area contributed by atoms with E-state index >= 15 is 0 Å². The van der Waals surface area contributed by atoms with Crippen LogP contribution in [0.25, 0.3) is 0 Å². The van der Waals surface area contributed by atoms with Crippen LogP contribution in [0.2, 0.25) is 0 Å². The average Bonchev–Trinajstić information content (AvgIpc) is 2.33. The Labute approximate surface area is 93.6 Å². The molecule has 0 spiro atoms. The van der Waals surface area contributed by atoms with E-state index in [2.05, 4.69) is 5.32 Å². The highest BCUT2D eigenvalue weighted by atomic mass is 19.2. The van der Waals surface area contributed by atoms with Gasteiger partial charge in [0.25, 0.3) is 0 Å². The van der Waals surface area contributed by atoms with E-state index in [1.807, 2.05) is 7.05 Å². The van der Waals surface area contributed by atoms with E-state index in [4.69, 9.17) is 4.74 Å². The number of nitrogens with one attached hydrogen (secondary N) is 1. The molecule has 0 bridgehead atoms. The molecule has 0 amide bonds. The van der Waals surface area contributed by atoms with Crippen molar-refractivity contribution in [1.82, 2.24) is 5.32 Å². The van der Waals surface area contributed by atoms with Gasteiger partial charge in [-0.25, -0.2) is 8.78 Å². The van der Waals surface area contributed by atoms with E-state index in [9.17, 15) is 8.78 Å². The van der Waals surface area contributed by atoms with E-state index in [0.29, 0.717) is 13.2 Å². The van der Waals surface area contributed by atoms with Crippen molar-refractivity contribution >= 4 is 0 Å². The highest BCUT2D eigenvalue weighted by Crippen LogP contribution is 2.32. The Balaban J connectivity index is 2.35. The second kappa shape index (κ2) is 4.47. The average molecular weight is 227 g/mol. The fraction of sp³-hybridized carbons (Fsp3) is 0.500. The van der Waals surface area contributed by atoms with Crippen LogP contribution in [0, 0.1) is 11.6 Å². The van der Waals surface area contributed by atoms with Crippen molar-refractivity contribution in [3.63, 3.8) is 0 Å². The van der Waals surface area contributed by atoms with E-state index < -0.39 is 11.6 Å². The number of hydrogen-bond acceptors (Lipinski definition) is 2. The van der Waals surface area contributed by atoms with Crippen LogP contribution in [0.4, 0.5) is 8.78 Å². The Morgan fingerprint density at radius 3 is 2.44 bits per heavy atom. The van der Waals surface area contributed by atoms with Crippen molar-refractivity contribution in [3.8, 4) is 0 Å². The summed E-state index contributed by atoms with van der Waals surface area (Å²) in [6, 6.07) is 4.09. The highest BCUT2D eigenvalue weighted by Gasteiger charge is 2.33. The van der Waals surface area contributed by atoms with E-state index in [1.165, 1.54) is 12.1 Å². The van der Waals surface area contributed by atoms with E-state index in [-0.39, 0.29) is 5.54 Å². The van der Waals surface area contributed by atoms with Gasteiger partial charge < -0.3 is 10.1 Å². The predicted octanol–water partition coefficient (Wildman–Crippen LogP) is 2.19. The van der Waals surface area contributed by atoms with Gasteiger partial charge >= 0.3 is 0 Å². The monoisotopic (exact) mass is 227 g/mol. The molecule has 1 saturated heterocycles. The molecular formula is C12H15F2NO. The fourth-order valence-electron chi connectivity index (χ4n) is 2.20. The Bertz CT molecular complexity index is 375. The Kier molecular flexibility index (Phi) is 3.21. The number of hydrogen-bond donors (Lipinski definition) is 1. The highest BCUT2D eigenvalue weighted by molar-refractivity contribution is 5.26. The second-order valence-electron chi connectivity index (χ2n) is 4.07. The van der Waals surface area contributed by atoms with Gasteiger partial charge in [-0.2, -0.15) is 0 Å². The normalized spacial score (nSPS) is 19.7. The maximum absolute atomic E-state index is 13.2. The topological polar surface area (TPSA) is 21.3 Å². The standard InChI is InChI=1S/C12H15F2NO/c1-15-12(4-6-16-7-5-12)9-2-3-10(13)11(14)8-9/h2-3,8,15H,4-7H2,1H3. The lowest BCUT2D eigenvalue weighted by atomic mass is 9.83. The van der Waals surface area contributed by atoms with Crippen LogP contribution in [-0.2, 0) is 10.3 Å². The molecule has 1 fully saturated rings. The minimum Gasteiger partial charge on any atom is -0.381 e. The molecule has 16 heavy (non-hydrogen) atoms. The first-order valence-corrected chi connectivity index (χ1v) is 5.40. The number of halogens is 2. The van der Waals surface area contributed by atoms with Crippen molar-refractivity contribution in [2.45, 2.75) is 18.4 Å². The second-order valence-corrected chi connectivity index (χ2v) is 4.07. The predicted molar refractivity (Wildman–Crippen MR) is 57.1 cm³/mol. The molecule has 4 heteroatoms. The first kappa shape index (κ1) is 11.5. The van der Waals surface area contributed by atoms with Gasteiger partial charge in [-0.1, -0.05) is 6.07 Å². The SMILES string of the molecule is CNC1(c2ccc(F)c(F)c2)CCOCC1. The smallest absolute Gasteiger partial charge is 0.159 e. The summed E-state index contributed by atoms with van der Waals surface area (Å²) in [5, 5.41) is 3.21. The van der Waals surface area contributed by atoms with Gasteiger partial charge in [-0.3, -0.25) is 0 Å². The third-order valence-electron chi connectivity index (χ3n) is 3.30. The molecule has 0 aromatic heterocycles. The van der Waals surface area contributed by atoms with Crippen molar-refractivity contribution in [2.75, 3.05) is 20.3 Å². The third-order valence-corrected chi connectivity index (χ3v) is 3.30. The molecular weight excluding hydrogens is 212 g/mol. The zero-order valence-electron chi connectivity index (χ0n) is 9.22. The third kappa shape index (κ3) is 1.95. The van der Waals surface area contributed by atoms with Gasteiger partial charge in [-0.05, 0) is 37.6 Å². The van der Waals surface area contributed by atoms with Crippen molar-refractivity contribution in [2.24, 2.45) is 0 Å². The number of rotatable bonds is 2. The molecule has 0 radical (unpaired) electrons. The molecule has 1 N–H and O–H groups in total. The van der Waals surface area contributed by atoms with Crippen LogP contribution in [0.15, 0.2) is 18.2 Å². The molecule has 2 nitrogen and oxygen atoms in total. The molecule has 1 heterocycles. The summed E-state index contributed by atoms with van der Waals surface area (Å²) in [4.78, 5) is 0. The van der Waals surface area contributed by atoms with Gasteiger partial charge in [-0.15, -0.1) is 0 Å². The molecule has 0 saturated carbocycles. The summed E-state index contributed by atoms with van der Waals surface area (Å²) in [6.45, 7) is 1.28. The van der Waals surface area contributed by atoms with Crippen molar-refractivity contribution < 1.29 is 13.5 Å². The Morgan fingerprint density at radius 1 is 1.19 bits per heavy atom. The molecule has 2 rings (SSSR count). The van der Waals surface area contributed by atoms with Gasteiger partial charge in [0.1, 0.15) is 0 Å². The summed E-state index contributed by atoms with van der Waals surface area (Å²) in [5.74, 6) is -1.60. The lowest BCUT2D eigenvalue weighted by Gasteiger charge is -2.37. The molecule has 0 unspecified atom stereocenters. The van der Waals surface area contributed by atoms with Gasteiger partial charge in [0.05, 0.1) is 0 Å². The quantitative estimate of drug-likeness (QED) is 0.836. The summed E-state index contributed by atoms with van der Waals surface area (Å²) < 4.78 is 31.4. The minimum absolute atomic E-state index is 0.285. The van der Waals surface area contributed by atoms with Crippen LogP contribution in [-0.4, -0.2) is 20.3 Å². The molecule has 1 aromatic rings. The Hall–Kier alpha value is -1.00. The molecule has 1 aliphatic heterocycles. The summed E-state index contributed by atoms with van der Waals surface area (Å²) in [5.41, 5.74) is 0.504. The number of ether oxygens (including phenoxy) is 1. The molecule has 88 valence electrons. The zero-order chi connectivity index (χ0) is 11.6. The minimum atomic E-state index is -0.804. The molecule has 0 atom stereocenters. The molecule has 0 aliphatic carbocycles. The maximum Gasteiger partial charge on any atom is 0.159 e. The zero-order valence-corrected chi connectivity index (χ0v) is 9.22. The van der Waals surface area contributed by atoms with E-state index in [0.717, 1.165) is 18.4 Å². The first-order chi connectivity index (χ1) is 7.68. The lowest BCUT2D eigenvalue weighted by Crippen LogP contribution is -2.44. The molecule has 1 aromatic carbocycles. The fourth-order valence-corrected chi connectivity index (χ4v) is 2.20. The number of benzene rings is 1. The van der Waals surface area contributed by atoms with Crippen LogP contribution in [0.1, 0.15) is 18.4 Å². The van der Waals surface area contributed by atoms with E-state index in [1.54, 1.807) is 6.07 Å². The van der Waals surface area contributed by atoms with Crippen LogP contribution >= 0.6 is 0 Å². The van der Waals surface area contributed by atoms with Gasteiger partial charge in [0, 0.05) is 18.8 Å². The van der Waals surface area contributed by atoms with Crippen LogP contribution in [0.3, 0.4) is 0 Å². The Morgan fingerprint density at radius 2 is 1.88 bits per heavy atom. The van der Waals surface area contributed by atoms with Gasteiger partial charge in [0.15, 0.2) is 11.6 Å². The summed E-state index contributed by atoms with van der Waals surface area (Å²) in [7, 11) is 1.84. The van der Waals surface area contributed by atoms with Gasteiger partial charge in [0.2, 0.25) is 0 Å². The summed E-state index contributed by atoms with van der Waals surface area (Å²) >= 11 is 0. The van der Waals surface area contributed by atoms with Crippen molar-refractivity contribution in [1.29, 1.82) is 0 Å². The molecule has 1 aliphatic rings. The maximum atomic E-state index is 13.2. The summed E-state index contributed by atoms with van der Waals surface area (Å²) in [6.07, 6.45) is 1.54. The van der Waals surface area contributed by atoms with Crippen LogP contribution in [0.5, 0.6) is 0 Å². The van der Waals surface area contributed by atoms with Crippen molar-refractivity contribution in [3.05, 3.63) is 35.4 Å². The first-order valence-electron chi connectivity index (χ1n) is 5.40. The lowest BCUT2D eigenvalue weighted by molar-refractivity contribution is 0.0397. The largest absolute Gasteiger partial charge is 0.381 e.